The number of hydrogen-bond acceptors (Lipinski definition) is 7. The zero-order valence-corrected chi connectivity index (χ0v) is 19.1. The molecule has 0 radical (unpaired) electrons. The van der Waals surface area contributed by atoms with E-state index in [2.05, 4.69) is 25.8 Å². The van der Waals surface area contributed by atoms with E-state index >= 15 is 0 Å². The van der Waals surface area contributed by atoms with Gasteiger partial charge in [-0.15, -0.1) is 21.5 Å². The summed E-state index contributed by atoms with van der Waals surface area (Å²) in [7, 11) is 0. The molecule has 2 heterocycles. The molecule has 3 rings (SSSR count). The van der Waals surface area contributed by atoms with Crippen LogP contribution in [0.15, 0.2) is 34.8 Å². The number of nitrogens with zero attached hydrogens (tertiary/aromatic N) is 4. The van der Waals surface area contributed by atoms with Gasteiger partial charge in [-0.3, -0.25) is 9.59 Å². The Morgan fingerprint density at radius 2 is 2.00 bits per heavy atom. The topological polar surface area (TPSA) is 102 Å². The van der Waals surface area contributed by atoms with Crippen LogP contribution in [-0.4, -0.2) is 37.3 Å². The molecule has 0 fully saturated rings. The molecule has 0 aliphatic carbocycles. The molecule has 1 aromatic carbocycles. The molecule has 0 saturated heterocycles. The normalized spacial score (nSPS) is 11.9. The molecule has 0 bridgehead atoms. The van der Waals surface area contributed by atoms with Crippen molar-refractivity contribution < 1.29 is 9.59 Å². The van der Waals surface area contributed by atoms with Gasteiger partial charge >= 0.3 is 0 Å². The van der Waals surface area contributed by atoms with Crippen molar-refractivity contribution in [2.45, 2.75) is 38.5 Å². The van der Waals surface area contributed by atoms with Crippen molar-refractivity contribution in [1.82, 2.24) is 25.1 Å². The largest absolute Gasteiger partial charge is 0.342 e. The lowest BCUT2D eigenvalue weighted by molar-refractivity contribution is -0.113. The van der Waals surface area contributed by atoms with E-state index in [1.807, 2.05) is 30.7 Å². The predicted molar refractivity (Wildman–Crippen MR) is 119 cm³/mol. The molecule has 0 aliphatic heterocycles. The Morgan fingerprint density at radius 1 is 1.27 bits per heavy atom. The van der Waals surface area contributed by atoms with Gasteiger partial charge in [0.05, 0.1) is 17.5 Å². The van der Waals surface area contributed by atoms with Crippen LogP contribution in [0.4, 0.5) is 5.13 Å². The Labute approximate surface area is 187 Å². The van der Waals surface area contributed by atoms with Crippen LogP contribution in [0.1, 0.15) is 41.8 Å². The van der Waals surface area contributed by atoms with Crippen molar-refractivity contribution in [3.8, 4) is 0 Å². The number of aromatic nitrogens is 4. The number of amides is 2. The predicted octanol–water partition coefficient (Wildman–Crippen LogP) is 3.94. The average molecular weight is 465 g/mol. The monoisotopic (exact) mass is 464 g/mol. The molecular formula is C19H21ClN6O2S2. The molecule has 158 valence electrons. The first kappa shape index (κ1) is 22.3. The summed E-state index contributed by atoms with van der Waals surface area (Å²) in [4.78, 5) is 28.9. The first-order chi connectivity index (χ1) is 14.4. The van der Waals surface area contributed by atoms with Crippen LogP contribution >= 0.6 is 34.7 Å². The number of carbonyl (C=O) groups is 2. The molecule has 2 amide bonds. The first-order valence-corrected chi connectivity index (χ1v) is 11.5. The summed E-state index contributed by atoms with van der Waals surface area (Å²) in [6.45, 7) is 6.29. The number of aryl methyl sites for hydroxylation is 1. The summed E-state index contributed by atoms with van der Waals surface area (Å²) in [5.74, 6) is 0.420. The summed E-state index contributed by atoms with van der Waals surface area (Å²) in [5.41, 5.74) is 1.38. The first-order valence-electron chi connectivity index (χ1n) is 9.21. The number of thiazole rings is 1. The number of benzene rings is 1. The molecule has 1 atom stereocenters. The molecule has 8 nitrogen and oxygen atoms in total. The van der Waals surface area contributed by atoms with Crippen molar-refractivity contribution >= 4 is 51.6 Å². The number of nitrogens with one attached hydrogen (secondary N) is 2. The van der Waals surface area contributed by atoms with Gasteiger partial charge < -0.3 is 15.2 Å². The van der Waals surface area contributed by atoms with Gasteiger partial charge in [-0.25, -0.2) is 4.98 Å². The highest BCUT2D eigenvalue weighted by atomic mass is 35.5. The van der Waals surface area contributed by atoms with Crippen molar-refractivity contribution in [3.63, 3.8) is 0 Å². The standard InChI is InChI=1S/C19H21ClN6O2S2/c1-4-26-16(12(3)22-17(28)13-5-7-14(20)8-6-13)24-25-19(26)30-10-15(27)23-18-21-11(2)9-29-18/h5-9,12H,4,10H2,1-3H3,(H,22,28)(H,21,23,27)/t12-/m0/s1. The van der Waals surface area contributed by atoms with Gasteiger partial charge in [0.15, 0.2) is 16.1 Å². The molecule has 2 aromatic heterocycles. The smallest absolute Gasteiger partial charge is 0.251 e. The van der Waals surface area contributed by atoms with Gasteiger partial charge in [0.1, 0.15) is 0 Å². The highest BCUT2D eigenvalue weighted by Crippen LogP contribution is 2.22. The molecule has 3 aromatic rings. The minimum atomic E-state index is -0.359. The Morgan fingerprint density at radius 3 is 2.63 bits per heavy atom. The molecule has 0 saturated carbocycles. The lowest BCUT2D eigenvalue weighted by Gasteiger charge is -2.15. The van der Waals surface area contributed by atoms with E-state index in [0.717, 1.165) is 5.69 Å². The molecule has 0 spiro atoms. The van der Waals surface area contributed by atoms with Gasteiger partial charge in [0, 0.05) is 22.5 Å². The average Bonchev–Trinajstić information content (AvgIpc) is 3.32. The van der Waals surface area contributed by atoms with Gasteiger partial charge in [0.2, 0.25) is 5.91 Å². The number of carbonyl (C=O) groups excluding carboxylic acids is 2. The van der Waals surface area contributed by atoms with E-state index < -0.39 is 0 Å². The second-order valence-electron chi connectivity index (χ2n) is 6.42. The molecule has 2 N–H and O–H groups in total. The summed E-state index contributed by atoms with van der Waals surface area (Å²) in [6.07, 6.45) is 0. The Bertz CT molecular complexity index is 1030. The van der Waals surface area contributed by atoms with Crippen molar-refractivity contribution in [3.05, 3.63) is 51.7 Å². The third-order valence-electron chi connectivity index (χ3n) is 4.10. The Balaban J connectivity index is 1.61. The quantitative estimate of drug-likeness (QED) is 0.489. The van der Waals surface area contributed by atoms with E-state index in [1.54, 1.807) is 24.3 Å². The maximum atomic E-state index is 12.5. The third kappa shape index (κ3) is 5.59. The summed E-state index contributed by atoms with van der Waals surface area (Å²) in [6, 6.07) is 6.31. The minimum Gasteiger partial charge on any atom is -0.342 e. The van der Waals surface area contributed by atoms with Crippen LogP contribution < -0.4 is 10.6 Å². The number of rotatable bonds is 8. The molecule has 0 unspecified atom stereocenters. The molecule has 11 heteroatoms. The van der Waals surface area contributed by atoms with Crippen LogP contribution in [0.5, 0.6) is 0 Å². The second kappa shape index (κ2) is 10.1. The Hall–Kier alpha value is -2.43. The van der Waals surface area contributed by atoms with E-state index in [-0.39, 0.29) is 23.6 Å². The van der Waals surface area contributed by atoms with Crippen molar-refractivity contribution in [2.75, 3.05) is 11.1 Å². The number of halogens is 1. The van der Waals surface area contributed by atoms with E-state index in [0.29, 0.717) is 33.2 Å². The summed E-state index contributed by atoms with van der Waals surface area (Å²) < 4.78 is 1.89. The Kier molecular flexibility index (Phi) is 7.46. The number of hydrogen-bond donors (Lipinski definition) is 2. The number of anilines is 1. The lowest BCUT2D eigenvalue weighted by atomic mass is 10.2. The fourth-order valence-electron chi connectivity index (χ4n) is 2.67. The van der Waals surface area contributed by atoms with Crippen LogP contribution in [0.2, 0.25) is 5.02 Å². The van der Waals surface area contributed by atoms with E-state index in [1.165, 1.54) is 23.1 Å². The highest BCUT2D eigenvalue weighted by molar-refractivity contribution is 7.99. The zero-order chi connectivity index (χ0) is 21.7. The van der Waals surface area contributed by atoms with Crippen LogP contribution in [0.25, 0.3) is 0 Å². The third-order valence-corrected chi connectivity index (χ3v) is 6.20. The van der Waals surface area contributed by atoms with Gasteiger partial charge in [-0.05, 0) is 45.0 Å². The maximum absolute atomic E-state index is 12.5. The van der Waals surface area contributed by atoms with E-state index in [4.69, 9.17) is 11.6 Å². The molecular weight excluding hydrogens is 444 g/mol. The van der Waals surface area contributed by atoms with Gasteiger partial charge in [0.25, 0.3) is 5.91 Å². The SMILES string of the molecule is CCn1c(SCC(=O)Nc2nc(C)cs2)nnc1[C@H](C)NC(=O)c1ccc(Cl)cc1. The minimum absolute atomic E-state index is 0.161. The van der Waals surface area contributed by atoms with Crippen LogP contribution in [0.3, 0.4) is 0 Å². The fourth-order valence-corrected chi connectivity index (χ4v) is 4.31. The lowest BCUT2D eigenvalue weighted by Crippen LogP contribution is -2.28. The highest BCUT2D eigenvalue weighted by Gasteiger charge is 2.20. The second-order valence-corrected chi connectivity index (χ2v) is 8.66. The van der Waals surface area contributed by atoms with Crippen LogP contribution in [0, 0.1) is 6.92 Å². The van der Waals surface area contributed by atoms with E-state index in [9.17, 15) is 9.59 Å². The molecule has 0 aliphatic rings. The maximum Gasteiger partial charge on any atom is 0.251 e. The van der Waals surface area contributed by atoms with Gasteiger partial charge in [-0.2, -0.15) is 0 Å². The molecule has 30 heavy (non-hydrogen) atoms. The fraction of sp³-hybridized carbons (Fsp3) is 0.316. The summed E-state index contributed by atoms with van der Waals surface area (Å²) in [5, 5.41) is 17.8. The number of thioether (sulfide) groups is 1. The zero-order valence-electron chi connectivity index (χ0n) is 16.7. The summed E-state index contributed by atoms with van der Waals surface area (Å²) >= 11 is 8.55. The van der Waals surface area contributed by atoms with Crippen molar-refractivity contribution in [1.29, 1.82) is 0 Å². The van der Waals surface area contributed by atoms with Crippen LogP contribution in [-0.2, 0) is 11.3 Å². The van der Waals surface area contributed by atoms with Crippen molar-refractivity contribution in [2.24, 2.45) is 0 Å². The van der Waals surface area contributed by atoms with Gasteiger partial charge in [-0.1, -0.05) is 23.4 Å².